The summed E-state index contributed by atoms with van der Waals surface area (Å²) >= 11 is 0. The minimum Gasteiger partial charge on any atom is -0.370 e. The zero-order chi connectivity index (χ0) is 14.5. The Hall–Kier alpha value is -2.37. The van der Waals surface area contributed by atoms with Crippen LogP contribution in [0.4, 0.5) is 11.5 Å². The number of H-pyrrole nitrogens is 1. The minimum absolute atomic E-state index is 0.167. The van der Waals surface area contributed by atoms with E-state index in [9.17, 15) is 4.79 Å². The predicted molar refractivity (Wildman–Crippen MR) is 79.0 cm³/mol. The van der Waals surface area contributed by atoms with Crippen molar-refractivity contribution < 1.29 is 4.79 Å². The Morgan fingerprint density at radius 1 is 1.40 bits per heavy atom. The van der Waals surface area contributed by atoms with Crippen LogP contribution in [0.15, 0.2) is 18.3 Å². The molecular weight excluding hydrogens is 254 g/mol. The Kier molecular flexibility index (Phi) is 4.34. The van der Waals surface area contributed by atoms with E-state index in [4.69, 9.17) is 0 Å². The van der Waals surface area contributed by atoms with Gasteiger partial charge in [-0.25, -0.2) is 4.98 Å². The van der Waals surface area contributed by atoms with Crippen molar-refractivity contribution in [2.75, 3.05) is 17.2 Å². The molecule has 0 saturated carbocycles. The Morgan fingerprint density at radius 3 is 2.85 bits per heavy atom. The lowest BCUT2D eigenvalue weighted by atomic mass is 10.2. The molecule has 0 unspecified atom stereocenters. The Bertz CT molecular complexity index is 586. The van der Waals surface area contributed by atoms with Crippen molar-refractivity contribution >= 4 is 17.4 Å². The number of nitrogens with one attached hydrogen (secondary N) is 3. The summed E-state index contributed by atoms with van der Waals surface area (Å²) in [6, 6.07) is 3.44. The molecule has 2 aromatic rings. The summed E-state index contributed by atoms with van der Waals surface area (Å²) in [5, 5.41) is 12.9. The quantitative estimate of drug-likeness (QED) is 0.781. The number of anilines is 2. The maximum atomic E-state index is 12.2. The molecule has 106 valence electrons. The van der Waals surface area contributed by atoms with E-state index in [-0.39, 0.29) is 5.91 Å². The number of amides is 1. The molecule has 0 spiro atoms. The summed E-state index contributed by atoms with van der Waals surface area (Å²) in [5.74, 6) is 0.541. The second-order valence-electron chi connectivity index (χ2n) is 4.62. The Labute approximate surface area is 118 Å². The van der Waals surface area contributed by atoms with E-state index < -0.39 is 0 Å². The number of hydrogen-bond donors (Lipinski definition) is 3. The van der Waals surface area contributed by atoms with E-state index in [0.29, 0.717) is 11.4 Å². The molecule has 20 heavy (non-hydrogen) atoms. The lowest BCUT2D eigenvalue weighted by Crippen LogP contribution is -2.14. The second kappa shape index (κ2) is 6.18. The summed E-state index contributed by atoms with van der Waals surface area (Å²) in [6.45, 7) is 6.63. The number of aromatic nitrogens is 3. The maximum absolute atomic E-state index is 12.2. The van der Waals surface area contributed by atoms with Crippen molar-refractivity contribution in [3.8, 4) is 0 Å². The molecule has 2 aromatic heterocycles. The van der Waals surface area contributed by atoms with Gasteiger partial charge in [0.15, 0.2) is 0 Å². The van der Waals surface area contributed by atoms with Gasteiger partial charge in [-0.3, -0.25) is 9.89 Å². The Balaban J connectivity index is 2.13. The summed E-state index contributed by atoms with van der Waals surface area (Å²) in [6.07, 6.45) is 2.63. The first kappa shape index (κ1) is 14.0. The molecule has 0 radical (unpaired) electrons. The van der Waals surface area contributed by atoms with Gasteiger partial charge in [-0.1, -0.05) is 6.92 Å². The number of pyridine rings is 1. The fourth-order valence-corrected chi connectivity index (χ4v) is 1.84. The van der Waals surface area contributed by atoms with Gasteiger partial charge in [-0.05, 0) is 32.4 Å². The SMILES string of the molecule is CCCNc1cc(C(=O)Nc2c(C)n[nH]c2C)ccn1. The van der Waals surface area contributed by atoms with Crippen LogP contribution in [0.3, 0.4) is 0 Å². The van der Waals surface area contributed by atoms with E-state index in [1.165, 1.54) is 0 Å². The van der Waals surface area contributed by atoms with Gasteiger partial charge in [0.05, 0.1) is 17.1 Å². The molecule has 0 fully saturated rings. The van der Waals surface area contributed by atoms with Gasteiger partial charge in [0.25, 0.3) is 5.91 Å². The molecule has 3 N–H and O–H groups in total. The van der Waals surface area contributed by atoms with Crippen LogP contribution in [-0.4, -0.2) is 27.6 Å². The third-order valence-electron chi connectivity index (χ3n) is 2.94. The monoisotopic (exact) mass is 273 g/mol. The van der Waals surface area contributed by atoms with Crippen LogP contribution in [0.2, 0.25) is 0 Å². The van der Waals surface area contributed by atoms with E-state index in [2.05, 4.69) is 32.7 Å². The molecule has 0 atom stereocenters. The molecule has 0 aliphatic rings. The first-order valence-corrected chi connectivity index (χ1v) is 6.64. The number of hydrogen-bond acceptors (Lipinski definition) is 4. The molecule has 0 bridgehead atoms. The lowest BCUT2D eigenvalue weighted by molar-refractivity contribution is 0.102. The Morgan fingerprint density at radius 2 is 2.20 bits per heavy atom. The van der Waals surface area contributed by atoms with Crippen LogP contribution in [0.25, 0.3) is 0 Å². The summed E-state index contributed by atoms with van der Waals surface area (Å²) in [5.41, 5.74) is 2.91. The number of carbonyl (C=O) groups is 1. The zero-order valence-corrected chi connectivity index (χ0v) is 11.9. The third-order valence-corrected chi connectivity index (χ3v) is 2.94. The fraction of sp³-hybridized carbons (Fsp3) is 0.357. The molecule has 0 aliphatic carbocycles. The van der Waals surface area contributed by atoms with Crippen molar-refractivity contribution in [3.05, 3.63) is 35.3 Å². The lowest BCUT2D eigenvalue weighted by Gasteiger charge is -2.07. The standard InChI is InChI=1S/C14H19N5O/c1-4-6-15-12-8-11(5-7-16-12)14(20)17-13-9(2)18-19-10(13)3/h5,7-8H,4,6H2,1-3H3,(H,15,16)(H,17,20)(H,18,19). The first-order chi connectivity index (χ1) is 9.61. The second-order valence-corrected chi connectivity index (χ2v) is 4.62. The van der Waals surface area contributed by atoms with E-state index in [1.807, 2.05) is 13.8 Å². The zero-order valence-electron chi connectivity index (χ0n) is 11.9. The fourth-order valence-electron chi connectivity index (χ4n) is 1.84. The van der Waals surface area contributed by atoms with Gasteiger partial charge in [0.2, 0.25) is 0 Å². The van der Waals surface area contributed by atoms with Gasteiger partial charge in [0, 0.05) is 18.3 Å². The number of carbonyl (C=O) groups excluding carboxylic acids is 1. The number of rotatable bonds is 5. The largest absolute Gasteiger partial charge is 0.370 e. The maximum Gasteiger partial charge on any atom is 0.255 e. The van der Waals surface area contributed by atoms with Crippen LogP contribution in [0, 0.1) is 13.8 Å². The smallest absolute Gasteiger partial charge is 0.255 e. The highest BCUT2D eigenvalue weighted by Crippen LogP contribution is 2.17. The van der Waals surface area contributed by atoms with Crippen molar-refractivity contribution in [1.29, 1.82) is 0 Å². The third kappa shape index (κ3) is 3.14. The van der Waals surface area contributed by atoms with Gasteiger partial charge in [0.1, 0.15) is 5.82 Å². The van der Waals surface area contributed by atoms with Crippen molar-refractivity contribution in [3.63, 3.8) is 0 Å². The van der Waals surface area contributed by atoms with Crippen LogP contribution in [-0.2, 0) is 0 Å². The summed E-state index contributed by atoms with van der Waals surface area (Å²) in [4.78, 5) is 16.4. The van der Waals surface area contributed by atoms with Crippen LogP contribution in [0.5, 0.6) is 0 Å². The molecule has 0 aliphatic heterocycles. The van der Waals surface area contributed by atoms with Crippen molar-refractivity contribution in [1.82, 2.24) is 15.2 Å². The molecule has 2 rings (SSSR count). The minimum atomic E-state index is -0.167. The topological polar surface area (TPSA) is 82.7 Å². The van der Waals surface area contributed by atoms with Gasteiger partial charge in [-0.15, -0.1) is 0 Å². The highest BCUT2D eigenvalue weighted by atomic mass is 16.1. The number of aromatic amines is 1. The van der Waals surface area contributed by atoms with Gasteiger partial charge in [-0.2, -0.15) is 5.10 Å². The average Bonchev–Trinajstić information content (AvgIpc) is 2.77. The molecule has 0 saturated heterocycles. The van der Waals surface area contributed by atoms with Crippen molar-refractivity contribution in [2.24, 2.45) is 0 Å². The molecule has 2 heterocycles. The molecule has 0 aromatic carbocycles. The number of nitrogens with zero attached hydrogens (tertiary/aromatic N) is 2. The van der Waals surface area contributed by atoms with E-state index in [1.54, 1.807) is 18.3 Å². The van der Waals surface area contributed by atoms with Crippen LogP contribution >= 0.6 is 0 Å². The average molecular weight is 273 g/mol. The van der Waals surface area contributed by atoms with Gasteiger partial charge < -0.3 is 10.6 Å². The molecule has 6 nitrogen and oxygen atoms in total. The van der Waals surface area contributed by atoms with Gasteiger partial charge >= 0.3 is 0 Å². The normalized spacial score (nSPS) is 10.3. The van der Waals surface area contributed by atoms with E-state index in [0.717, 1.165) is 30.0 Å². The molecule has 1 amide bonds. The summed E-state index contributed by atoms with van der Waals surface area (Å²) < 4.78 is 0. The highest BCUT2D eigenvalue weighted by molar-refractivity contribution is 6.05. The predicted octanol–water partition coefficient (Wildman–Crippen LogP) is 2.50. The molecular formula is C14H19N5O. The summed E-state index contributed by atoms with van der Waals surface area (Å²) in [7, 11) is 0. The first-order valence-electron chi connectivity index (χ1n) is 6.64. The van der Waals surface area contributed by atoms with Crippen LogP contribution < -0.4 is 10.6 Å². The molecule has 6 heteroatoms. The van der Waals surface area contributed by atoms with E-state index >= 15 is 0 Å². The number of aryl methyl sites for hydroxylation is 2. The highest BCUT2D eigenvalue weighted by Gasteiger charge is 2.12. The van der Waals surface area contributed by atoms with Crippen molar-refractivity contribution in [2.45, 2.75) is 27.2 Å². The van der Waals surface area contributed by atoms with Crippen LogP contribution in [0.1, 0.15) is 35.1 Å².